The second-order valence-electron chi connectivity index (χ2n) is 4.20. The lowest BCUT2D eigenvalue weighted by Gasteiger charge is -2.21. The second kappa shape index (κ2) is 7.51. The average molecular weight is 370 g/mol. The summed E-state index contributed by atoms with van der Waals surface area (Å²) in [5.74, 6) is -2.98. The first kappa shape index (κ1) is 17.6. The lowest BCUT2D eigenvalue weighted by molar-refractivity contribution is -0.152. The maximum atomic E-state index is 12.8. The average Bonchev–Trinajstić information content (AvgIpc) is 2.40. The second-order valence-corrected chi connectivity index (χ2v) is 5.05. The maximum absolute atomic E-state index is 12.8. The summed E-state index contributed by atoms with van der Waals surface area (Å²) in [4.78, 5) is 0. The van der Waals surface area contributed by atoms with Gasteiger partial charge in [-0.2, -0.15) is 13.2 Å². The van der Waals surface area contributed by atoms with Crippen LogP contribution in [0.2, 0.25) is 0 Å². The van der Waals surface area contributed by atoms with Crippen molar-refractivity contribution in [2.24, 2.45) is 16.8 Å². The maximum Gasteiger partial charge on any atom is 0.400 e. The first-order valence-corrected chi connectivity index (χ1v) is 6.64. The standard InChI is InChI=1S/C12H15BrF3N3O2/c1-21-6-7-9(13)3-2-4-10(7)18-5-8(11(17)19-20)12(14,15)16/h2-4,8,18,20H,5-6H2,1H3,(H2,17,19). The normalized spacial score (nSPS) is 14.0. The third-order valence-corrected chi connectivity index (χ3v) is 3.51. The van der Waals surface area contributed by atoms with Crippen molar-refractivity contribution in [3.8, 4) is 0 Å². The summed E-state index contributed by atoms with van der Waals surface area (Å²) >= 11 is 3.31. The monoisotopic (exact) mass is 369 g/mol. The van der Waals surface area contributed by atoms with Crippen LogP contribution < -0.4 is 11.1 Å². The molecule has 118 valence electrons. The summed E-state index contributed by atoms with van der Waals surface area (Å²) in [7, 11) is 1.48. The lowest BCUT2D eigenvalue weighted by Crippen LogP contribution is -2.40. The molecule has 0 radical (unpaired) electrons. The van der Waals surface area contributed by atoms with Gasteiger partial charge in [-0.1, -0.05) is 27.2 Å². The van der Waals surface area contributed by atoms with Crippen molar-refractivity contribution in [3.05, 3.63) is 28.2 Å². The number of amidine groups is 1. The van der Waals surface area contributed by atoms with Crippen molar-refractivity contribution in [1.82, 2.24) is 0 Å². The number of hydrogen-bond acceptors (Lipinski definition) is 4. The highest BCUT2D eigenvalue weighted by Gasteiger charge is 2.42. The van der Waals surface area contributed by atoms with E-state index in [0.717, 1.165) is 0 Å². The molecule has 0 spiro atoms. The van der Waals surface area contributed by atoms with Gasteiger partial charge in [0, 0.05) is 29.4 Å². The Balaban J connectivity index is 2.93. The lowest BCUT2D eigenvalue weighted by atomic mass is 10.1. The van der Waals surface area contributed by atoms with Gasteiger partial charge in [0.05, 0.1) is 6.61 Å². The van der Waals surface area contributed by atoms with E-state index in [1.54, 1.807) is 18.2 Å². The molecule has 0 aliphatic heterocycles. The minimum atomic E-state index is -4.61. The first-order valence-electron chi connectivity index (χ1n) is 5.85. The van der Waals surface area contributed by atoms with Gasteiger partial charge in [-0.25, -0.2) is 0 Å². The zero-order valence-corrected chi connectivity index (χ0v) is 12.7. The Bertz CT molecular complexity index is 509. The molecule has 4 N–H and O–H groups in total. The quantitative estimate of drug-likeness (QED) is 0.311. The van der Waals surface area contributed by atoms with Crippen LogP contribution in [0.15, 0.2) is 27.8 Å². The van der Waals surface area contributed by atoms with E-state index in [9.17, 15) is 13.2 Å². The number of nitrogens with two attached hydrogens (primary N) is 1. The number of nitrogens with zero attached hydrogens (tertiary/aromatic N) is 1. The predicted octanol–water partition coefficient (Wildman–Crippen LogP) is 2.93. The van der Waals surface area contributed by atoms with Gasteiger partial charge in [-0.3, -0.25) is 0 Å². The molecule has 0 saturated carbocycles. The van der Waals surface area contributed by atoms with Crippen molar-refractivity contribution < 1.29 is 23.1 Å². The van der Waals surface area contributed by atoms with Gasteiger partial charge < -0.3 is 21.0 Å². The molecule has 0 bridgehead atoms. The number of alkyl halides is 3. The van der Waals surface area contributed by atoms with Crippen molar-refractivity contribution >= 4 is 27.5 Å². The van der Waals surface area contributed by atoms with Gasteiger partial charge >= 0.3 is 6.18 Å². The predicted molar refractivity (Wildman–Crippen MR) is 76.3 cm³/mol. The molecular formula is C12H15BrF3N3O2. The van der Waals surface area contributed by atoms with Crippen LogP contribution in [-0.2, 0) is 11.3 Å². The van der Waals surface area contributed by atoms with Crippen LogP contribution in [0.1, 0.15) is 5.56 Å². The Kier molecular flexibility index (Phi) is 6.28. The molecule has 1 rings (SSSR count). The number of halogens is 4. The summed E-state index contributed by atoms with van der Waals surface area (Å²) in [6.07, 6.45) is -4.61. The van der Waals surface area contributed by atoms with Gasteiger partial charge in [-0.05, 0) is 12.1 Å². The SMILES string of the molecule is COCc1c(Br)cccc1NCC(/C(N)=N/O)C(F)(F)F. The molecule has 1 atom stereocenters. The van der Waals surface area contributed by atoms with Crippen LogP contribution in [0.3, 0.4) is 0 Å². The highest BCUT2D eigenvalue weighted by molar-refractivity contribution is 9.10. The number of anilines is 1. The molecular weight excluding hydrogens is 355 g/mol. The summed E-state index contributed by atoms with van der Waals surface area (Å²) in [5.41, 5.74) is 6.26. The van der Waals surface area contributed by atoms with Gasteiger partial charge in [-0.15, -0.1) is 0 Å². The third-order valence-electron chi connectivity index (χ3n) is 2.77. The van der Waals surface area contributed by atoms with E-state index in [2.05, 4.69) is 26.4 Å². The molecule has 1 aromatic rings. The highest BCUT2D eigenvalue weighted by atomic mass is 79.9. The van der Waals surface area contributed by atoms with Crippen LogP contribution in [0.4, 0.5) is 18.9 Å². The fourth-order valence-electron chi connectivity index (χ4n) is 1.68. The van der Waals surface area contributed by atoms with E-state index >= 15 is 0 Å². The van der Waals surface area contributed by atoms with Crippen LogP contribution in [0.25, 0.3) is 0 Å². The molecule has 0 aliphatic carbocycles. The smallest absolute Gasteiger partial charge is 0.400 e. The minimum Gasteiger partial charge on any atom is -0.409 e. The van der Waals surface area contributed by atoms with E-state index < -0.39 is 24.5 Å². The molecule has 0 aromatic heterocycles. The van der Waals surface area contributed by atoms with Crippen molar-refractivity contribution in [3.63, 3.8) is 0 Å². The molecule has 0 saturated heterocycles. The van der Waals surface area contributed by atoms with Crippen molar-refractivity contribution in [2.45, 2.75) is 12.8 Å². The number of benzene rings is 1. The number of rotatable bonds is 6. The molecule has 0 heterocycles. The summed E-state index contributed by atoms with van der Waals surface area (Å²) < 4.78 is 44.2. The number of oxime groups is 1. The van der Waals surface area contributed by atoms with Gasteiger partial charge in [0.1, 0.15) is 5.92 Å². The summed E-state index contributed by atoms with van der Waals surface area (Å²) in [5, 5.41) is 13.6. The van der Waals surface area contributed by atoms with E-state index in [4.69, 9.17) is 15.7 Å². The fraction of sp³-hybridized carbons (Fsp3) is 0.417. The van der Waals surface area contributed by atoms with Crippen molar-refractivity contribution in [2.75, 3.05) is 19.0 Å². The Labute approximate surface area is 128 Å². The van der Waals surface area contributed by atoms with Crippen LogP contribution >= 0.6 is 15.9 Å². The van der Waals surface area contributed by atoms with Crippen molar-refractivity contribution in [1.29, 1.82) is 0 Å². The van der Waals surface area contributed by atoms with Crippen LogP contribution in [-0.4, -0.2) is 30.9 Å². The number of methoxy groups -OCH3 is 1. The number of nitrogens with one attached hydrogen (secondary N) is 1. The topological polar surface area (TPSA) is 79.9 Å². The molecule has 0 fully saturated rings. The fourth-order valence-corrected chi connectivity index (χ4v) is 2.17. The molecule has 9 heteroatoms. The Morgan fingerprint density at radius 2 is 2.19 bits per heavy atom. The number of ether oxygens (including phenoxy) is 1. The van der Waals surface area contributed by atoms with E-state index in [-0.39, 0.29) is 6.61 Å². The molecule has 1 aromatic carbocycles. The molecule has 5 nitrogen and oxygen atoms in total. The zero-order valence-electron chi connectivity index (χ0n) is 11.1. The van der Waals surface area contributed by atoms with Gasteiger partial charge in [0.15, 0.2) is 5.84 Å². The minimum absolute atomic E-state index is 0.226. The summed E-state index contributed by atoms with van der Waals surface area (Å²) in [6.45, 7) is -0.323. The zero-order chi connectivity index (χ0) is 16.0. The van der Waals surface area contributed by atoms with Crippen LogP contribution in [0.5, 0.6) is 0 Å². The van der Waals surface area contributed by atoms with E-state index in [1.165, 1.54) is 7.11 Å². The molecule has 0 amide bonds. The Morgan fingerprint density at radius 3 is 2.71 bits per heavy atom. The molecule has 21 heavy (non-hydrogen) atoms. The Hall–Kier alpha value is -1.48. The molecule has 1 unspecified atom stereocenters. The third kappa shape index (κ3) is 4.78. The van der Waals surface area contributed by atoms with E-state index in [0.29, 0.717) is 15.7 Å². The number of hydrogen-bond donors (Lipinski definition) is 3. The largest absolute Gasteiger partial charge is 0.409 e. The highest BCUT2D eigenvalue weighted by Crippen LogP contribution is 2.29. The van der Waals surface area contributed by atoms with Crippen LogP contribution in [0, 0.1) is 5.92 Å². The van der Waals surface area contributed by atoms with Gasteiger partial charge in [0.2, 0.25) is 0 Å². The Morgan fingerprint density at radius 1 is 1.52 bits per heavy atom. The first-order chi connectivity index (χ1) is 9.81. The van der Waals surface area contributed by atoms with Gasteiger partial charge in [0.25, 0.3) is 0 Å². The summed E-state index contributed by atoms with van der Waals surface area (Å²) in [6, 6.07) is 5.06. The molecule has 0 aliphatic rings. The van der Waals surface area contributed by atoms with E-state index in [1.807, 2.05) is 0 Å².